The summed E-state index contributed by atoms with van der Waals surface area (Å²) < 4.78 is 12.9. The smallest absolute Gasteiger partial charge is 0.123 e. The Balaban J connectivity index is 2.35. The van der Waals surface area contributed by atoms with Crippen molar-refractivity contribution in [1.82, 2.24) is 5.32 Å². The molecule has 0 fully saturated rings. The maximum absolute atomic E-state index is 12.9. The lowest BCUT2D eigenvalue weighted by Gasteiger charge is -2.18. The van der Waals surface area contributed by atoms with Crippen molar-refractivity contribution in [1.29, 1.82) is 0 Å². The largest absolute Gasteiger partial charge is 0.306 e. The molecule has 0 aliphatic heterocycles. The highest BCUT2D eigenvalue weighted by Crippen LogP contribution is 2.28. The first-order valence-electron chi connectivity index (χ1n) is 5.75. The van der Waals surface area contributed by atoms with Crippen molar-refractivity contribution < 1.29 is 4.39 Å². The van der Waals surface area contributed by atoms with Crippen molar-refractivity contribution in [3.63, 3.8) is 0 Å². The summed E-state index contributed by atoms with van der Waals surface area (Å²) in [5.41, 5.74) is 2.39. The molecule has 2 rings (SSSR count). The summed E-state index contributed by atoms with van der Waals surface area (Å²) >= 11 is 1.74. The highest BCUT2D eigenvalue weighted by atomic mass is 32.1. The number of nitrogens with one attached hydrogen (secondary N) is 1. The molecule has 17 heavy (non-hydrogen) atoms. The average molecular weight is 249 g/mol. The van der Waals surface area contributed by atoms with Gasteiger partial charge in [0.2, 0.25) is 0 Å². The zero-order chi connectivity index (χ0) is 12.3. The van der Waals surface area contributed by atoms with E-state index in [1.54, 1.807) is 11.3 Å². The fourth-order valence-electron chi connectivity index (χ4n) is 1.96. The zero-order valence-corrected chi connectivity index (χ0v) is 10.9. The summed E-state index contributed by atoms with van der Waals surface area (Å²) in [7, 11) is 0. The van der Waals surface area contributed by atoms with Gasteiger partial charge in [-0.3, -0.25) is 0 Å². The lowest BCUT2D eigenvalue weighted by Crippen LogP contribution is -2.22. The number of hydrogen-bond donors (Lipinski definition) is 1. The molecule has 1 atom stereocenters. The van der Waals surface area contributed by atoms with Crippen LogP contribution in [0.25, 0.3) is 0 Å². The highest BCUT2D eigenvalue weighted by molar-refractivity contribution is 7.10. The Morgan fingerprint density at radius 2 is 1.94 bits per heavy atom. The van der Waals surface area contributed by atoms with Crippen molar-refractivity contribution in [2.24, 2.45) is 0 Å². The van der Waals surface area contributed by atoms with Crippen LogP contribution >= 0.6 is 11.3 Å². The van der Waals surface area contributed by atoms with Crippen LogP contribution in [0.15, 0.2) is 35.7 Å². The molecule has 0 aliphatic rings. The van der Waals surface area contributed by atoms with Crippen LogP contribution in [0.2, 0.25) is 0 Å². The van der Waals surface area contributed by atoms with E-state index in [1.165, 1.54) is 22.6 Å². The minimum Gasteiger partial charge on any atom is -0.306 e. The number of benzene rings is 1. The quantitative estimate of drug-likeness (QED) is 0.866. The monoisotopic (exact) mass is 249 g/mol. The van der Waals surface area contributed by atoms with Gasteiger partial charge < -0.3 is 5.32 Å². The van der Waals surface area contributed by atoms with E-state index < -0.39 is 0 Å². The topological polar surface area (TPSA) is 12.0 Å². The second-order valence-electron chi connectivity index (χ2n) is 3.97. The molecule has 1 nitrogen and oxygen atoms in total. The van der Waals surface area contributed by atoms with E-state index in [1.807, 2.05) is 12.1 Å². The maximum Gasteiger partial charge on any atom is 0.123 e. The molecule has 90 valence electrons. The summed E-state index contributed by atoms with van der Waals surface area (Å²) in [5, 5.41) is 5.54. The van der Waals surface area contributed by atoms with Crippen molar-refractivity contribution in [3.05, 3.63) is 57.5 Å². The SMILES string of the molecule is CCNC(c1ccc(F)cc1)c1ccsc1C. The fraction of sp³-hybridized carbons (Fsp3) is 0.286. The Hall–Kier alpha value is -1.19. The lowest BCUT2D eigenvalue weighted by atomic mass is 9.99. The molecule has 1 N–H and O–H groups in total. The third kappa shape index (κ3) is 2.73. The first-order chi connectivity index (χ1) is 8.22. The van der Waals surface area contributed by atoms with Crippen LogP contribution < -0.4 is 5.32 Å². The van der Waals surface area contributed by atoms with E-state index in [4.69, 9.17) is 0 Å². The van der Waals surface area contributed by atoms with Crippen LogP contribution in [0.1, 0.15) is 29.0 Å². The van der Waals surface area contributed by atoms with Gasteiger partial charge in [-0.05, 0) is 48.2 Å². The predicted molar refractivity (Wildman–Crippen MR) is 71.0 cm³/mol. The summed E-state index contributed by atoms with van der Waals surface area (Å²) in [6, 6.07) is 9.02. The molecule has 0 spiro atoms. The molecular weight excluding hydrogens is 233 g/mol. The molecule has 3 heteroatoms. The second-order valence-corrected chi connectivity index (χ2v) is 5.09. The fourth-order valence-corrected chi connectivity index (χ4v) is 2.70. The van der Waals surface area contributed by atoms with E-state index in [2.05, 4.69) is 30.6 Å². The normalized spacial score (nSPS) is 12.6. The van der Waals surface area contributed by atoms with Crippen LogP contribution in [0.5, 0.6) is 0 Å². The van der Waals surface area contributed by atoms with E-state index in [-0.39, 0.29) is 11.9 Å². The standard InChI is InChI=1S/C14H16FNS/c1-3-16-14(13-8-9-17-10(13)2)11-4-6-12(15)7-5-11/h4-9,14,16H,3H2,1-2H3. The highest BCUT2D eigenvalue weighted by Gasteiger charge is 2.15. The van der Waals surface area contributed by atoms with Gasteiger partial charge in [-0.2, -0.15) is 0 Å². The molecule has 0 aliphatic carbocycles. The Labute approximate surface area is 105 Å². The summed E-state index contributed by atoms with van der Waals surface area (Å²) in [5.74, 6) is -0.189. The van der Waals surface area contributed by atoms with Crippen molar-refractivity contribution in [2.45, 2.75) is 19.9 Å². The molecule has 1 heterocycles. The summed E-state index contributed by atoms with van der Waals surface area (Å²) in [6.07, 6.45) is 0. The zero-order valence-electron chi connectivity index (χ0n) is 10.0. The van der Waals surface area contributed by atoms with Gasteiger partial charge >= 0.3 is 0 Å². The molecular formula is C14H16FNS. The predicted octanol–water partition coefficient (Wildman–Crippen LogP) is 3.89. The van der Waals surface area contributed by atoms with Gasteiger partial charge in [-0.15, -0.1) is 11.3 Å². The summed E-state index contributed by atoms with van der Waals surface area (Å²) in [6.45, 7) is 5.09. The molecule has 1 aromatic carbocycles. The number of halogens is 1. The van der Waals surface area contributed by atoms with Gasteiger partial charge in [0.25, 0.3) is 0 Å². The molecule has 0 amide bonds. The molecule has 0 bridgehead atoms. The average Bonchev–Trinajstić information content (AvgIpc) is 2.74. The van der Waals surface area contributed by atoms with Crippen molar-refractivity contribution >= 4 is 11.3 Å². The van der Waals surface area contributed by atoms with Gasteiger partial charge in [0.05, 0.1) is 6.04 Å². The molecule has 0 radical (unpaired) electrons. The van der Waals surface area contributed by atoms with Crippen molar-refractivity contribution in [2.75, 3.05) is 6.54 Å². The van der Waals surface area contributed by atoms with E-state index >= 15 is 0 Å². The van der Waals surface area contributed by atoms with Gasteiger partial charge in [-0.25, -0.2) is 4.39 Å². The number of aryl methyl sites for hydroxylation is 1. The third-order valence-electron chi connectivity index (χ3n) is 2.82. The summed E-state index contributed by atoms with van der Waals surface area (Å²) in [4.78, 5) is 1.31. The van der Waals surface area contributed by atoms with E-state index in [0.29, 0.717) is 0 Å². The van der Waals surface area contributed by atoms with E-state index in [9.17, 15) is 4.39 Å². The van der Waals surface area contributed by atoms with Crippen LogP contribution in [-0.4, -0.2) is 6.54 Å². The van der Waals surface area contributed by atoms with Crippen LogP contribution in [-0.2, 0) is 0 Å². The first kappa shape index (κ1) is 12.3. The Bertz CT molecular complexity index is 475. The third-order valence-corrected chi connectivity index (χ3v) is 3.68. The van der Waals surface area contributed by atoms with Gasteiger partial charge in [0.15, 0.2) is 0 Å². The minimum absolute atomic E-state index is 0.159. The van der Waals surface area contributed by atoms with Crippen LogP contribution in [0.4, 0.5) is 4.39 Å². The molecule has 0 saturated heterocycles. The van der Waals surface area contributed by atoms with E-state index in [0.717, 1.165) is 12.1 Å². The molecule has 1 aromatic heterocycles. The molecule has 0 saturated carbocycles. The maximum atomic E-state index is 12.9. The molecule has 2 aromatic rings. The Morgan fingerprint density at radius 3 is 2.47 bits per heavy atom. The molecule has 1 unspecified atom stereocenters. The minimum atomic E-state index is -0.189. The number of rotatable bonds is 4. The number of hydrogen-bond acceptors (Lipinski definition) is 2. The number of thiophene rings is 1. The van der Waals surface area contributed by atoms with Crippen LogP contribution in [0.3, 0.4) is 0 Å². The van der Waals surface area contributed by atoms with Crippen LogP contribution in [0, 0.1) is 12.7 Å². The van der Waals surface area contributed by atoms with Gasteiger partial charge in [0.1, 0.15) is 5.82 Å². The second kappa shape index (κ2) is 5.43. The van der Waals surface area contributed by atoms with Gasteiger partial charge in [-0.1, -0.05) is 19.1 Å². The Kier molecular flexibility index (Phi) is 3.92. The van der Waals surface area contributed by atoms with Gasteiger partial charge in [0, 0.05) is 4.88 Å². The lowest BCUT2D eigenvalue weighted by molar-refractivity contribution is 0.613. The van der Waals surface area contributed by atoms with Crippen molar-refractivity contribution in [3.8, 4) is 0 Å². The Morgan fingerprint density at radius 1 is 1.24 bits per heavy atom. The first-order valence-corrected chi connectivity index (χ1v) is 6.63.